The summed E-state index contributed by atoms with van der Waals surface area (Å²) >= 11 is 0. The quantitative estimate of drug-likeness (QED) is 0.412. The summed E-state index contributed by atoms with van der Waals surface area (Å²) in [6, 6.07) is 0. The Labute approximate surface area is 95.3 Å². The molecule has 1 rings (SSSR count). The molecule has 0 aliphatic rings. The minimum atomic E-state index is 0.430. The first-order chi connectivity index (χ1) is 7.58. The van der Waals surface area contributed by atoms with Crippen molar-refractivity contribution >= 4 is 5.96 Å². The van der Waals surface area contributed by atoms with Crippen molar-refractivity contribution in [2.75, 3.05) is 13.1 Å². The molecule has 0 aromatic carbocycles. The summed E-state index contributed by atoms with van der Waals surface area (Å²) in [7, 11) is 1.84. The van der Waals surface area contributed by atoms with Crippen molar-refractivity contribution < 1.29 is 0 Å². The number of nitrogens with two attached hydrogens (primary N) is 1. The second kappa shape index (κ2) is 5.89. The first-order valence-electron chi connectivity index (χ1n) is 5.10. The zero-order valence-electron chi connectivity index (χ0n) is 9.77. The molecule has 0 amide bonds. The Hall–Kier alpha value is -1.85. The van der Waals surface area contributed by atoms with Gasteiger partial charge in [-0.05, 0) is 6.92 Å². The van der Waals surface area contributed by atoms with Crippen molar-refractivity contribution in [3.63, 3.8) is 0 Å². The van der Waals surface area contributed by atoms with Gasteiger partial charge in [0.15, 0.2) is 11.8 Å². The predicted molar refractivity (Wildman–Crippen MR) is 64.0 cm³/mol. The number of hydrogen-bond donors (Lipinski definition) is 2. The summed E-state index contributed by atoms with van der Waals surface area (Å²) in [5, 5.41) is 7.15. The molecule has 16 heavy (non-hydrogen) atoms. The molecule has 0 unspecified atom stereocenters. The van der Waals surface area contributed by atoms with Crippen LogP contribution in [0.2, 0.25) is 0 Å². The first-order valence-corrected chi connectivity index (χ1v) is 5.10. The van der Waals surface area contributed by atoms with Crippen LogP contribution in [0.25, 0.3) is 0 Å². The molecule has 0 fully saturated rings. The maximum absolute atomic E-state index is 5.64. The van der Waals surface area contributed by atoms with Gasteiger partial charge in [-0.25, -0.2) is 9.98 Å². The van der Waals surface area contributed by atoms with Crippen LogP contribution in [0.5, 0.6) is 0 Å². The number of aliphatic imine (C=N–C) groups is 1. The standard InChI is InChI=1S/C10H18N6/c1-8(2)6-13-10(11)12-5-4-9-14-7-16(3)15-9/h7H,1,4-6H2,2-3H3,(H3,11,12,13). The number of nitrogens with one attached hydrogen (secondary N) is 1. The van der Waals surface area contributed by atoms with Crippen LogP contribution in [0.15, 0.2) is 23.5 Å². The monoisotopic (exact) mass is 222 g/mol. The van der Waals surface area contributed by atoms with E-state index in [0.717, 1.165) is 17.8 Å². The first kappa shape index (κ1) is 12.2. The molecular weight excluding hydrogens is 204 g/mol. The fourth-order valence-corrected chi connectivity index (χ4v) is 1.08. The van der Waals surface area contributed by atoms with Gasteiger partial charge in [0.2, 0.25) is 0 Å². The lowest BCUT2D eigenvalue weighted by Gasteiger charge is -2.03. The highest BCUT2D eigenvalue weighted by atomic mass is 15.3. The number of hydrogen-bond acceptors (Lipinski definition) is 3. The molecule has 0 spiro atoms. The van der Waals surface area contributed by atoms with Gasteiger partial charge < -0.3 is 11.1 Å². The number of aryl methyl sites for hydroxylation is 1. The predicted octanol–water partition coefficient (Wildman–Crippen LogP) is -0.162. The van der Waals surface area contributed by atoms with Crippen molar-refractivity contribution in [1.29, 1.82) is 0 Å². The molecular formula is C10H18N6. The molecule has 6 heteroatoms. The zero-order chi connectivity index (χ0) is 12.0. The van der Waals surface area contributed by atoms with Gasteiger partial charge in [0, 0.05) is 20.0 Å². The lowest BCUT2D eigenvalue weighted by molar-refractivity contribution is 0.728. The fraction of sp³-hybridized carbons (Fsp3) is 0.500. The molecule has 1 aromatic heterocycles. The normalized spacial score (nSPS) is 11.5. The van der Waals surface area contributed by atoms with Crippen LogP contribution >= 0.6 is 0 Å². The lowest BCUT2D eigenvalue weighted by Crippen LogP contribution is -2.33. The van der Waals surface area contributed by atoms with E-state index in [2.05, 4.69) is 27.0 Å². The van der Waals surface area contributed by atoms with Crippen molar-refractivity contribution in [3.8, 4) is 0 Å². The van der Waals surface area contributed by atoms with Crippen LogP contribution in [-0.2, 0) is 13.5 Å². The lowest BCUT2D eigenvalue weighted by atomic mass is 10.4. The maximum Gasteiger partial charge on any atom is 0.188 e. The third kappa shape index (κ3) is 4.59. The average molecular weight is 222 g/mol. The van der Waals surface area contributed by atoms with Gasteiger partial charge in [-0.15, -0.1) is 0 Å². The number of aromatic nitrogens is 3. The van der Waals surface area contributed by atoms with Gasteiger partial charge in [0.1, 0.15) is 6.33 Å². The molecule has 1 heterocycles. The third-order valence-electron chi connectivity index (χ3n) is 1.82. The van der Waals surface area contributed by atoms with E-state index in [0.29, 0.717) is 19.0 Å². The van der Waals surface area contributed by atoms with E-state index in [1.165, 1.54) is 0 Å². The largest absolute Gasteiger partial charge is 0.370 e. The summed E-state index contributed by atoms with van der Waals surface area (Å²) in [6.07, 6.45) is 2.40. The highest BCUT2D eigenvalue weighted by Crippen LogP contribution is 1.88. The molecule has 0 saturated heterocycles. The van der Waals surface area contributed by atoms with Crippen molar-refractivity contribution in [3.05, 3.63) is 24.3 Å². The molecule has 6 nitrogen and oxygen atoms in total. The van der Waals surface area contributed by atoms with Gasteiger partial charge in [-0.2, -0.15) is 5.10 Å². The maximum atomic E-state index is 5.64. The minimum absolute atomic E-state index is 0.430. The van der Waals surface area contributed by atoms with Crippen LogP contribution in [0.4, 0.5) is 0 Å². The smallest absolute Gasteiger partial charge is 0.188 e. The zero-order valence-corrected chi connectivity index (χ0v) is 9.77. The van der Waals surface area contributed by atoms with Crippen molar-refractivity contribution in [1.82, 2.24) is 20.1 Å². The Balaban J connectivity index is 2.25. The van der Waals surface area contributed by atoms with Gasteiger partial charge in [0.05, 0.1) is 6.54 Å². The molecule has 0 bridgehead atoms. The van der Waals surface area contributed by atoms with Crippen LogP contribution in [0, 0.1) is 0 Å². The second-order valence-electron chi connectivity index (χ2n) is 3.67. The van der Waals surface area contributed by atoms with E-state index >= 15 is 0 Å². The molecule has 0 aliphatic carbocycles. The average Bonchev–Trinajstić information content (AvgIpc) is 2.61. The summed E-state index contributed by atoms with van der Waals surface area (Å²) in [5.41, 5.74) is 6.63. The highest BCUT2D eigenvalue weighted by Gasteiger charge is 1.98. The third-order valence-corrected chi connectivity index (χ3v) is 1.82. The molecule has 3 N–H and O–H groups in total. The second-order valence-corrected chi connectivity index (χ2v) is 3.67. The van der Waals surface area contributed by atoms with E-state index in [1.807, 2.05) is 14.0 Å². The Bertz CT molecular complexity index is 378. The van der Waals surface area contributed by atoms with E-state index in [9.17, 15) is 0 Å². The van der Waals surface area contributed by atoms with Gasteiger partial charge in [-0.1, -0.05) is 12.2 Å². The summed E-state index contributed by atoms with van der Waals surface area (Å²) in [5.74, 6) is 1.22. The van der Waals surface area contributed by atoms with E-state index < -0.39 is 0 Å². The molecule has 0 aliphatic heterocycles. The van der Waals surface area contributed by atoms with Gasteiger partial charge >= 0.3 is 0 Å². The van der Waals surface area contributed by atoms with Crippen LogP contribution in [0.1, 0.15) is 12.7 Å². The Morgan fingerprint density at radius 3 is 3.00 bits per heavy atom. The van der Waals surface area contributed by atoms with Crippen LogP contribution < -0.4 is 11.1 Å². The Morgan fingerprint density at radius 1 is 1.69 bits per heavy atom. The van der Waals surface area contributed by atoms with E-state index in [4.69, 9.17) is 5.73 Å². The van der Waals surface area contributed by atoms with E-state index in [-0.39, 0.29) is 0 Å². The van der Waals surface area contributed by atoms with Crippen LogP contribution in [0.3, 0.4) is 0 Å². The molecule has 0 radical (unpaired) electrons. The summed E-state index contributed by atoms with van der Waals surface area (Å²) in [6.45, 7) is 6.89. The van der Waals surface area contributed by atoms with Crippen molar-refractivity contribution in [2.24, 2.45) is 17.8 Å². The summed E-state index contributed by atoms with van der Waals surface area (Å²) < 4.78 is 1.67. The molecule has 1 aromatic rings. The molecule has 0 atom stereocenters. The summed E-state index contributed by atoms with van der Waals surface area (Å²) in [4.78, 5) is 8.20. The topological polar surface area (TPSA) is 81.1 Å². The Kier molecular flexibility index (Phi) is 4.50. The minimum Gasteiger partial charge on any atom is -0.370 e. The number of guanidine groups is 1. The molecule has 88 valence electrons. The van der Waals surface area contributed by atoms with Crippen LogP contribution in [-0.4, -0.2) is 33.8 Å². The molecule has 0 saturated carbocycles. The number of rotatable bonds is 5. The van der Waals surface area contributed by atoms with E-state index in [1.54, 1.807) is 11.0 Å². The highest BCUT2D eigenvalue weighted by molar-refractivity contribution is 5.77. The number of nitrogens with zero attached hydrogens (tertiary/aromatic N) is 4. The SMILES string of the molecule is C=C(C)CN=C(N)NCCc1ncn(C)n1. The fourth-order valence-electron chi connectivity index (χ4n) is 1.08. The van der Waals surface area contributed by atoms with Gasteiger partial charge in [-0.3, -0.25) is 4.68 Å². The Morgan fingerprint density at radius 2 is 2.44 bits per heavy atom. The van der Waals surface area contributed by atoms with Gasteiger partial charge in [0.25, 0.3) is 0 Å². The van der Waals surface area contributed by atoms with Crippen molar-refractivity contribution in [2.45, 2.75) is 13.3 Å².